The Morgan fingerprint density at radius 3 is 2.78 bits per heavy atom. The average Bonchev–Trinajstić information content (AvgIpc) is 3.31. The molecule has 3 heterocycles. The minimum atomic E-state index is -0.139. The molecule has 7 nitrogen and oxygen atoms in total. The van der Waals surface area contributed by atoms with Crippen LogP contribution in [0.3, 0.4) is 0 Å². The minimum Gasteiger partial charge on any atom is -0.464 e. The molecule has 0 atom stereocenters. The van der Waals surface area contributed by atoms with Crippen molar-refractivity contribution in [3.8, 4) is 11.4 Å². The van der Waals surface area contributed by atoms with Crippen molar-refractivity contribution in [3.05, 3.63) is 65.5 Å². The zero-order chi connectivity index (χ0) is 18.8. The quantitative estimate of drug-likeness (QED) is 0.585. The van der Waals surface area contributed by atoms with E-state index in [1.807, 2.05) is 26.0 Å². The molecule has 1 aromatic carbocycles. The zero-order valence-electron chi connectivity index (χ0n) is 15.0. The maximum Gasteiger partial charge on any atom is 0.246 e. The summed E-state index contributed by atoms with van der Waals surface area (Å²) in [6.45, 7) is 4.22. The molecule has 7 heteroatoms. The number of fused-ring (bicyclic) bond motifs is 1. The fourth-order valence-electron chi connectivity index (χ4n) is 2.88. The molecule has 0 aliphatic rings. The topological polar surface area (TPSA) is 94.1 Å². The number of aromatic nitrogens is 3. The molecule has 1 amide bonds. The second-order valence-electron chi connectivity index (χ2n) is 6.35. The maximum absolute atomic E-state index is 12.3. The zero-order valence-corrected chi connectivity index (χ0v) is 15.0. The van der Waals surface area contributed by atoms with Crippen molar-refractivity contribution in [2.24, 2.45) is 0 Å². The third-order valence-electron chi connectivity index (χ3n) is 4.54. The highest BCUT2D eigenvalue weighted by molar-refractivity contribution is 5.89. The van der Waals surface area contributed by atoms with Crippen molar-refractivity contribution in [2.45, 2.75) is 26.8 Å². The van der Waals surface area contributed by atoms with Gasteiger partial charge in [0.15, 0.2) is 0 Å². The molecule has 0 spiro atoms. The molecule has 136 valence electrons. The molecule has 1 N–H and O–H groups in total. The third kappa shape index (κ3) is 3.44. The van der Waals surface area contributed by atoms with Gasteiger partial charge in [-0.3, -0.25) is 9.78 Å². The van der Waals surface area contributed by atoms with Crippen LogP contribution in [-0.4, -0.2) is 21.0 Å². The predicted molar refractivity (Wildman–Crippen MR) is 98.8 cm³/mol. The molecule has 0 unspecified atom stereocenters. The second-order valence-corrected chi connectivity index (χ2v) is 6.35. The van der Waals surface area contributed by atoms with Crippen LogP contribution in [0.2, 0.25) is 0 Å². The van der Waals surface area contributed by atoms with Crippen LogP contribution in [-0.2, 0) is 17.8 Å². The van der Waals surface area contributed by atoms with E-state index in [2.05, 4.69) is 20.4 Å². The van der Waals surface area contributed by atoms with Crippen molar-refractivity contribution in [3.63, 3.8) is 0 Å². The summed E-state index contributed by atoms with van der Waals surface area (Å²) in [6.07, 6.45) is 5.18. The monoisotopic (exact) mass is 362 g/mol. The third-order valence-corrected chi connectivity index (χ3v) is 4.54. The molecule has 4 rings (SSSR count). The minimum absolute atomic E-state index is 0.139. The SMILES string of the molecule is Cc1ccc2c(CC(=O)NCc3nc(-c4ccncc4)no3)coc2c1C. The number of hydrogen-bond donors (Lipinski definition) is 1. The van der Waals surface area contributed by atoms with Gasteiger partial charge in [-0.2, -0.15) is 4.98 Å². The Bertz CT molecular complexity index is 1100. The Hall–Kier alpha value is -3.48. The molecule has 0 radical (unpaired) electrons. The van der Waals surface area contributed by atoms with E-state index in [1.165, 1.54) is 0 Å². The first-order chi connectivity index (χ1) is 13.1. The lowest BCUT2D eigenvalue weighted by Gasteiger charge is -2.02. The van der Waals surface area contributed by atoms with E-state index < -0.39 is 0 Å². The standard InChI is InChI=1S/C20H18N4O3/c1-12-3-4-16-15(11-26-19(16)13(12)2)9-17(25)22-10-18-23-20(24-27-18)14-5-7-21-8-6-14/h3-8,11H,9-10H2,1-2H3,(H,22,25). The fourth-order valence-corrected chi connectivity index (χ4v) is 2.88. The van der Waals surface area contributed by atoms with Gasteiger partial charge in [-0.15, -0.1) is 0 Å². The van der Waals surface area contributed by atoms with E-state index in [0.29, 0.717) is 11.7 Å². The molecule has 0 aliphatic carbocycles. The van der Waals surface area contributed by atoms with Crippen LogP contribution in [0.4, 0.5) is 0 Å². The van der Waals surface area contributed by atoms with Crippen LogP contribution in [0.15, 0.2) is 51.9 Å². The summed E-state index contributed by atoms with van der Waals surface area (Å²) < 4.78 is 10.8. The molecule has 4 aromatic rings. The van der Waals surface area contributed by atoms with Crippen molar-refractivity contribution in [2.75, 3.05) is 0 Å². The van der Waals surface area contributed by atoms with E-state index in [-0.39, 0.29) is 18.9 Å². The number of aryl methyl sites for hydroxylation is 2. The van der Waals surface area contributed by atoms with Gasteiger partial charge in [-0.25, -0.2) is 0 Å². The van der Waals surface area contributed by atoms with Gasteiger partial charge in [-0.05, 0) is 37.1 Å². The van der Waals surface area contributed by atoms with Gasteiger partial charge in [0, 0.05) is 28.9 Å². The van der Waals surface area contributed by atoms with Gasteiger partial charge >= 0.3 is 0 Å². The number of carbonyl (C=O) groups excluding carboxylic acids is 1. The van der Waals surface area contributed by atoms with Crippen LogP contribution in [0, 0.1) is 13.8 Å². The normalized spacial score (nSPS) is 11.0. The number of amides is 1. The van der Waals surface area contributed by atoms with Crippen molar-refractivity contribution in [1.82, 2.24) is 20.4 Å². The predicted octanol–water partition coefficient (Wildman–Crippen LogP) is 3.35. The van der Waals surface area contributed by atoms with E-state index in [9.17, 15) is 4.79 Å². The first-order valence-electron chi connectivity index (χ1n) is 8.58. The van der Waals surface area contributed by atoms with Crippen molar-refractivity contribution in [1.29, 1.82) is 0 Å². The Morgan fingerprint density at radius 2 is 1.96 bits per heavy atom. The number of hydrogen-bond acceptors (Lipinski definition) is 6. The van der Waals surface area contributed by atoms with E-state index >= 15 is 0 Å². The molecule has 0 aliphatic heterocycles. The highest BCUT2D eigenvalue weighted by Gasteiger charge is 2.14. The number of rotatable bonds is 5. The number of nitrogens with zero attached hydrogens (tertiary/aromatic N) is 3. The van der Waals surface area contributed by atoms with Gasteiger partial charge < -0.3 is 14.3 Å². The molecule has 0 saturated heterocycles. The van der Waals surface area contributed by atoms with Crippen LogP contribution < -0.4 is 5.32 Å². The number of furan rings is 1. The van der Waals surface area contributed by atoms with Crippen molar-refractivity contribution >= 4 is 16.9 Å². The molecule has 0 fully saturated rings. The summed E-state index contributed by atoms with van der Waals surface area (Å²) in [5, 5.41) is 7.69. The maximum atomic E-state index is 12.3. The smallest absolute Gasteiger partial charge is 0.246 e. The molecule has 27 heavy (non-hydrogen) atoms. The Labute approximate surface area is 155 Å². The number of nitrogens with one attached hydrogen (secondary N) is 1. The Balaban J connectivity index is 1.41. The summed E-state index contributed by atoms with van der Waals surface area (Å²) in [7, 11) is 0. The number of pyridine rings is 1. The van der Waals surface area contributed by atoms with Gasteiger partial charge in [-0.1, -0.05) is 17.3 Å². The average molecular weight is 362 g/mol. The van der Waals surface area contributed by atoms with Gasteiger partial charge in [0.05, 0.1) is 19.2 Å². The van der Waals surface area contributed by atoms with Gasteiger partial charge in [0.2, 0.25) is 17.6 Å². The van der Waals surface area contributed by atoms with Crippen LogP contribution in [0.5, 0.6) is 0 Å². The fraction of sp³-hybridized carbons (Fsp3) is 0.200. The molecular weight excluding hydrogens is 344 g/mol. The Morgan fingerprint density at radius 1 is 1.15 bits per heavy atom. The van der Waals surface area contributed by atoms with Crippen LogP contribution in [0.1, 0.15) is 22.6 Å². The molecular formula is C20H18N4O3. The summed E-state index contributed by atoms with van der Waals surface area (Å²) in [5.41, 5.74) is 4.75. The van der Waals surface area contributed by atoms with E-state index in [4.69, 9.17) is 8.94 Å². The second kappa shape index (κ2) is 7.03. The first kappa shape index (κ1) is 17.0. The highest BCUT2D eigenvalue weighted by Crippen LogP contribution is 2.26. The summed E-state index contributed by atoms with van der Waals surface area (Å²) >= 11 is 0. The summed E-state index contributed by atoms with van der Waals surface area (Å²) in [6, 6.07) is 7.61. The summed E-state index contributed by atoms with van der Waals surface area (Å²) in [4.78, 5) is 20.5. The van der Waals surface area contributed by atoms with Gasteiger partial charge in [0.25, 0.3) is 0 Å². The number of benzene rings is 1. The lowest BCUT2D eigenvalue weighted by Crippen LogP contribution is -2.24. The van der Waals surface area contributed by atoms with E-state index in [1.54, 1.807) is 30.8 Å². The first-order valence-corrected chi connectivity index (χ1v) is 8.58. The van der Waals surface area contributed by atoms with Crippen LogP contribution >= 0.6 is 0 Å². The molecule has 3 aromatic heterocycles. The molecule has 0 saturated carbocycles. The van der Waals surface area contributed by atoms with Crippen molar-refractivity contribution < 1.29 is 13.7 Å². The number of carbonyl (C=O) groups is 1. The van der Waals surface area contributed by atoms with E-state index in [0.717, 1.165) is 33.2 Å². The van der Waals surface area contributed by atoms with Gasteiger partial charge in [0.1, 0.15) is 5.58 Å². The highest BCUT2D eigenvalue weighted by atomic mass is 16.5. The molecule has 0 bridgehead atoms. The summed E-state index contributed by atoms with van der Waals surface area (Å²) in [5.74, 6) is 0.673. The lowest BCUT2D eigenvalue weighted by molar-refractivity contribution is -0.120. The van der Waals surface area contributed by atoms with Crippen LogP contribution in [0.25, 0.3) is 22.4 Å². The largest absolute Gasteiger partial charge is 0.464 e. The Kier molecular flexibility index (Phi) is 4.42. The lowest BCUT2D eigenvalue weighted by atomic mass is 10.0.